The maximum Gasteiger partial charge on any atom is 0.328 e. The van der Waals surface area contributed by atoms with Gasteiger partial charge in [-0.2, -0.15) is 0 Å². The number of nitrogens with zero attached hydrogens (tertiary/aromatic N) is 1. The lowest BCUT2D eigenvalue weighted by molar-refractivity contribution is -0.140. The summed E-state index contributed by atoms with van der Waals surface area (Å²) in [5, 5.41) is 24.7. The highest BCUT2D eigenvalue weighted by Crippen LogP contribution is 1.92. The molecule has 9 nitrogen and oxygen atoms in total. The van der Waals surface area contributed by atoms with Gasteiger partial charge in [0.05, 0.1) is 13.2 Å². The van der Waals surface area contributed by atoms with E-state index in [1.54, 1.807) is 4.90 Å². The molecule has 1 saturated heterocycles. The molecular formula is C10H18N4O5. The topological polar surface area (TPSA) is 131 Å². The molecule has 5 N–H and O–H groups in total. The number of carbonyl (C=O) groups excluding carboxylic acids is 2. The Morgan fingerprint density at radius 3 is 2.42 bits per heavy atom. The molecule has 1 aliphatic heterocycles. The van der Waals surface area contributed by atoms with E-state index in [9.17, 15) is 14.4 Å². The number of aliphatic hydroxyl groups excluding tert-OH is 1. The summed E-state index contributed by atoms with van der Waals surface area (Å²) in [4.78, 5) is 35.2. The Labute approximate surface area is 110 Å². The molecule has 0 saturated carbocycles. The first kappa shape index (κ1) is 15.2. The van der Waals surface area contributed by atoms with E-state index in [1.807, 2.05) is 5.32 Å². The van der Waals surface area contributed by atoms with Crippen molar-refractivity contribution in [1.29, 1.82) is 0 Å². The molecule has 1 fully saturated rings. The van der Waals surface area contributed by atoms with Crippen LogP contribution in [0.5, 0.6) is 0 Å². The standard InChI is InChI=1S/C10H18N4O5/c15-6-7(9(17)18)13-10(19)12-5-8(16)14-3-1-11-2-4-14/h7,11,15H,1-6H2,(H,17,18)(H2,12,13,19). The van der Waals surface area contributed by atoms with Crippen molar-refractivity contribution in [2.45, 2.75) is 6.04 Å². The lowest BCUT2D eigenvalue weighted by Gasteiger charge is -2.27. The summed E-state index contributed by atoms with van der Waals surface area (Å²) in [7, 11) is 0. The van der Waals surface area contributed by atoms with Gasteiger partial charge in [-0.1, -0.05) is 0 Å². The van der Waals surface area contributed by atoms with Gasteiger partial charge in [-0.25, -0.2) is 9.59 Å². The summed E-state index contributed by atoms with van der Waals surface area (Å²) in [6, 6.07) is -2.18. The fourth-order valence-corrected chi connectivity index (χ4v) is 1.58. The van der Waals surface area contributed by atoms with Crippen molar-refractivity contribution in [3.63, 3.8) is 0 Å². The van der Waals surface area contributed by atoms with Crippen molar-refractivity contribution in [2.24, 2.45) is 0 Å². The summed E-state index contributed by atoms with van der Waals surface area (Å²) in [5.41, 5.74) is 0. The maximum absolute atomic E-state index is 11.7. The number of carboxylic acid groups (broad SMARTS) is 1. The molecule has 0 bridgehead atoms. The first-order valence-corrected chi connectivity index (χ1v) is 5.91. The van der Waals surface area contributed by atoms with E-state index in [0.717, 1.165) is 0 Å². The zero-order valence-electron chi connectivity index (χ0n) is 10.4. The molecule has 19 heavy (non-hydrogen) atoms. The predicted octanol–water partition coefficient (Wildman–Crippen LogP) is -2.84. The SMILES string of the molecule is O=C(NCC(=O)N1CCNCC1)NC(CO)C(=O)O. The molecule has 0 aromatic rings. The highest BCUT2D eigenvalue weighted by Gasteiger charge is 2.20. The van der Waals surface area contributed by atoms with Crippen molar-refractivity contribution >= 4 is 17.9 Å². The average Bonchev–Trinajstić information content (AvgIpc) is 2.42. The fraction of sp³-hybridized carbons (Fsp3) is 0.700. The number of urea groups is 1. The zero-order valence-corrected chi connectivity index (χ0v) is 10.4. The fourth-order valence-electron chi connectivity index (χ4n) is 1.58. The molecule has 1 rings (SSSR count). The third-order valence-corrected chi connectivity index (χ3v) is 2.66. The summed E-state index contributed by atoms with van der Waals surface area (Å²) >= 11 is 0. The van der Waals surface area contributed by atoms with Crippen LogP contribution in [0.25, 0.3) is 0 Å². The number of hydrogen-bond donors (Lipinski definition) is 5. The minimum Gasteiger partial charge on any atom is -0.480 e. The van der Waals surface area contributed by atoms with Crippen molar-refractivity contribution in [3.8, 4) is 0 Å². The molecule has 0 spiro atoms. The molecule has 9 heteroatoms. The number of piperazine rings is 1. The molecule has 1 atom stereocenters. The van der Waals surface area contributed by atoms with E-state index < -0.39 is 24.6 Å². The lowest BCUT2D eigenvalue weighted by Crippen LogP contribution is -2.52. The number of hydrogen-bond acceptors (Lipinski definition) is 5. The number of rotatable bonds is 5. The number of aliphatic carboxylic acids is 1. The van der Waals surface area contributed by atoms with Crippen LogP contribution < -0.4 is 16.0 Å². The number of carboxylic acids is 1. The van der Waals surface area contributed by atoms with E-state index in [0.29, 0.717) is 26.2 Å². The summed E-state index contributed by atoms with van der Waals surface area (Å²) < 4.78 is 0. The molecule has 1 unspecified atom stereocenters. The Bertz CT molecular complexity index is 343. The summed E-state index contributed by atoms with van der Waals surface area (Å²) in [6.07, 6.45) is 0. The zero-order chi connectivity index (χ0) is 14.3. The van der Waals surface area contributed by atoms with Crippen LogP contribution in [0.3, 0.4) is 0 Å². The third-order valence-electron chi connectivity index (χ3n) is 2.66. The van der Waals surface area contributed by atoms with Crippen LogP contribution in [-0.4, -0.2) is 78.4 Å². The first-order chi connectivity index (χ1) is 9.04. The van der Waals surface area contributed by atoms with Crippen LogP contribution in [0.2, 0.25) is 0 Å². The van der Waals surface area contributed by atoms with E-state index >= 15 is 0 Å². The van der Waals surface area contributed by atoms with E-state index in [-0.39, 0.29) is 12.5 Å². The summed E-state index contributed by atoms with van der Waals surface area (Å²) in [6.45, 7) is 1.66. The first-order valence-electron chi connectivity index (χ1n) is 5.91. The summed E-state index contributed by atoms with van der Waals surface area (Å²) in [5.74, 6) is -1.57. The molecule has 108 valence electrons. The number of nitrogens with one attached hydrogen (secondary N) is 3. The van der Waals surface area contributed by atoms with Crippen LogP contribution in [0.15, 0.2) is 0 Å². The van der Waals surface area contributed by atoms with Crippen molar-refractivity contribution in [2.75, 3.05) is 39.3 Å². The van der Waals surface area contributed by atoms with Gasteiger partial charge < -0.3 is 31.1 Å². The van der Waals surface area contributed by atoms with Gasteiger partial charge in [0.15, 0.2) is 6.04 Å². The van der Waals surface area contributed by atoms with Crippen LogP contribution in [0, 0.1) is 0 Å². The number of carbonyl (C=O) groups is 3. The molecule has 0 radical (unpaired) electrons. The van der Waals surface area contributed by atoms with E-state index in [4.69, 9.17) is 10.2 Å². The third kappa shape index (κ3) is 5.10. The highest BCUT2D eigenvalue weighted by molar-refractivity contribution is 5.86. The Balaban J connectivity index is 2.29. The van der Waals surface area contributed by atoms with Crippen LogP contribution in [0.1, 0.15) is 0 Å². The number of aliphatic hydroxyl groups is 1. The van der Waals surface area contributed by atoms with Crippen molar-refractivity contribution in [3.05, 3.63) is 0 Å². The maximum atomic E-state index is 11.7. The highest BCUT2D eigenvalue weighted by atomic mass is 16.4. The van der Waals surface area contributed by atoms with Gasteiger partial charge in [0.25, 0.3) is 0 Å². The molecule has 0 aliphatic carbocycles. The minimum atomic E-state index is -1.38. The van der Waals surface area contributed by atoms with Crippen LogP contribution >= 0.6 is 0 Å². The molecule has 1 aliphatic rings. The molecule has 1 heterocycles. The smallest absolute Gasteiger partial charge is 0.328 e. The largest absolute Gasteiger partial charge is 0.480 e. The number of amides is 3. The Hall–Kier alpha value is -1.87. The second kappa shape index (κ2) is 7.54. The Morgan fingerprint density at radius 2 is 1.89 bits per heavy atom. The van der Waals surface area contributed by atoms with E-state index in [2.05, 4.69) is 10.6 Å². The van der Waals surface area contributed by atoms with Gasteiger partial charge >= 0.3 is 12.0 Å². The van der Waals surface area contributed by atoms with Gasteiger partial charge in [0, 0.05) is 26.2 Å². The molecular weight excluding hydrogens is 256 g/mol. The molecule has 3 amide bonds. The second-order valence-electron chi connectivity index (χ2n) is 4.03. The van der Waals surface area contributed by atoms with Gasteiger partial charge in [-0.05, 0) is 0 Å². The van der Waals surface area contributed by atoms with Gasteiger partial charge in [-0.15, -0.1) is 0 Å². The minimum absolute atomic E-state index is 0.205. The van der Waals surface area contributed by atoms with Crippen molar-refractivity contribution in [1.82, 2.24) is 20.9 Å². The van der Waals surface area contributed by atoms with Gasteiger partial charge in [0.1, 0.15) is 0 Å². The quantitative estimate of drug-likeness (QED) is 0.367. The monoisotopic (exact) mass is 274 g/mol. The normalized spacial score (nSPS) is 16.6. The van der Waals surface area contributed by atoms with Crippen molar-refractivity contribution < 1.29 is 24.6 Å². The Kier molecular flexibility index (Phi) is 6.03. The average molecular weight is 274 g/mol. The molecule has 0 aromatic heterocycles. The van der Waals surface area contributed by atoms with Gasteiger partial charge in [0.2, 0.25) is 5.91 Å². The van der Waals surface area contributed by atoms with Gasteiger partial charge in [-0.3, -0.25) is 4.79 Å². The lowest BCUT2D eigenvalue weighted by atomic mass is 10.3. The molecule has 0 aromatic carbocycles. The van der Waals surface area contributed by atoms with Crippen LogP contribution in [0.4, 0.5) is 4.79 Å². The predicted molar refractivity (Wildman–Crippen MR) is 64.5 cm³/mol. The van der Waals surface area contributed by atoms with E-state index in [1.165, 1.54) is 0 Å². The second-order valence-corrected chi connectivity index (χ2v) is 4.03. The van der Waals surface area contributed by atoms with Crippen LogP contribution in [-0.2, 0) is 9.59 Å². The Morgan fingerprint density at radius 1 is 1.26 bits per heavy atom.